The van der Waals surface area contributed by atoms with Crippen LogP contribution in [0.4, 0.5) is 0 Å². The smallest absolute Gasteiger partial charge is 0.0641 e. The van der Waals surface area contributed by atoms with Crippen LogP contribution in [0.5, 0.6) is 0 Å². The number of nitrogens with one attached hydrogen (secondary N) is 1. The van der Waals surface area contributed by atoms with E-state index in [1.807, 2.05) is 17.9 Å². The Labute approximate surface area is 122 Å². The van der Waals surface area contributed by atoms with Crippen LogP contribution < -0.4 is 11.3 Å². The molecule has 0 bridgehead atoms. The molecule has 1 aliphatic rings. The molecule has 0 saturated heterocycles. The maximum atomic E-state index is 5.92. The third kappa shape index (κ3) is 3.05. The zero-order chi connectivity index (χ0) is 14.8. The number of hydrazine groups is 1. The molecule has 1 saturated carbocycles. The number of hydrogen-bond acceptors (Lipinski definition) is 4. The predicted molar refractivity (Wildman–Crippen MR) is 82.1 cm³/mol. The van der Waals surface area contributed by atoms with Gasteiger partial charge in [-0.2, -0.15) is 5.10 Å². The molecule has 0 spiro atoms. The summed E-state index contributed by atoms with van der Waals surface area (Å²) in [6, 6.07) is 2.31. The minimum absolute atomic E-state index is 0.129. The summed E-state index contributed by atoms with van der Waals surface area (Å²) in [4.78, 5) is 2.37. The van der Waals surface area contributed by atoms with Crippen molar-refractivity contribution in [2.75, 3.05) is 14.1 Å². The van der Waals surface area contributed by atoms with E-state index in [4.69, 9.17) is 5.84 Å². The van der Waals surface area contributed by atoms with Crippen LogP contribution in [0.1, 0.15) is 38.3 Å². The molecular weight excluding hydrogens is 250 g/mol. The topological polar surface area (TPSA) is 59.1 Å². The van der Waals surface area contributed by atoms with E-state index in [1.54, 1.807) is 0 Å². The van der Waals surface area contributed by atoms with Crippen molar-refractivity contribution in [2.24, 2.45) is 18.8 Å². The first kappa shape index (κ1) is 15.5. The van der Waals surface area contributed by atoms with Crippen LogP contribution in [0.3, 0.4) is 0 Å². The lowest BCUT2D eigenvalue weighted by Gasteiger charge is -2.50. The molecule has 5 nitrogen and oxygen atoms in total. The molecule has 0 radical (unpaired) electrons. The van der Waals surface area contributed by atoms with Crippen LogP contribution in [0.25, 0.3) is 0 Å². The monoisotopic (exact) mass is 279 g/mol. The van der Waals surface area contributed by atoms with Crippen molar-refractivity contribution in [3.05, 3.63) is 18.0 Å². The van der Waals surface area contributed by atoms with Gasteiger partial charge in [-0.1, -0.05) is 19.8 Å². The van der Waals surface area contributed by atoms with E-state index in [2.05, 4.69) is 42.5 Å². The van der Waals surface area contributed by atoms with Gasteiger partial charge in [-0.25, -0.2) is 0 Å². The maximum absolute atomic E-state index is 5.92. The Bertz CT molecular complexity index is 428. The normalized spacial score (nSPS) is 28.8. The number of likely N-dealkylation sites (N-methyl/N-ethyl adjacent to an activating group) is 1. The van der Waals surface area contributed by atoms with Crippen LogP contribution in [-0.2, 0) is 13.5 Å². The van der Waals surface area contributed by atoms with Crippen LogP contribution in [0, 0.1) is 5.92 Å². The number of hydrogen-bond donors (Lipinski definition) is 2. The fourth-order valence-electron chi connectivity index (χ4n) is 3.78. The Kier molecular flexibility index (Phi) is 4.83. The van der Waals surface area contributed by atoms with Crippen LogP contribution in [0.2, 0.25) is 0 Å². The van der Waals surface area contributed by atoms with Crippen molar-refractivity contribution < 1.29 is 0 Å². The lowest BCUT2D eigenvalue weighted by molar-refractivity contribution is 0.0369. The molecule has 114 valence electrons. The predicted octanol–water partition coefficient (Wildman–Crippen LogP) is 1.31. The number of aromatic nitrogens is 2. The Morgan fingerprint density at radius 1 is 1.60 bits per heavy atom. The lowest BCUT2D eigenvalue weighted by Crippen LogP contribution is -2.63. The van der Waals surface area contributed by atoms with E-state index >= 15 is 0 Å². The standard InChI is InChI=1S/C15H29N5/c1-12-6-5-8-15(11-12,19(2)3)14(17-16)10-13-7-9-20(4)18-13/h7,9,12,14,17H,5-6,8,10-11,16H2,1-4H3. The van der Waals surface area contributed by atoms with Crippen molar-refractivity contribution in [2.45, 2.75) is 50.6 Å². The first-order chi connectivity index (χ1) is 9.48. The van der Waals surface area contributed by atoms with E-state index in [-0.39, 0.29) is 11.6 Å². The van der Waals surface area contributed by atoms with Crippen molar-refractivity contribution in [3.63, 3.8) is 0 Å². The molecule has 1 fully saturated rings. The summed E-state index contributed by atoms with van der Waals surface area (Å²) in [6.45, 7) is 2.35. The second-order valence-corrected chi connectivity index (χ2v) is 6.60. The molecule has 2 rings (SSSR count). The Morgan fingerprint density at radius 3 is 2.85 bits per heavy atom. The quantitative estimate of drug-likeness (QED) is 0.630. The van der Waals surface area contributed by atoms with Gasteiger partial charge >= 0.3 is 0 Å². The number of nitrogens with zero attached hydrogens (tertiary/aromatic N) is 3. The summed E-state index contributed by atoms with van der Waals surface area (Å²) in [5.41, 5.74) is 4.32. The fraction of sp³-hybridized carbons (Fsp3) is 0.800. The van der Waals surface area contributed by atoms with E-state index in [1.165, 1.54) is 25.7 Å². The van der Waals surface area contributed by atoms with Gasteiger partial charge in [0.25, 0.3) is 0 Å². The first-order valence-electron chi connectivity index (χ1n) is 7.60. The van der Waals surface area contributed by atoms with Crippen LogP contribution in [-0.4, -0.2) is 40.4 Å². The minimum atomic E-state index is 0.129. The summed E-state index contributed by atoms with van der Waals surface area (Å²) in [5, 5.41) is 4.51. The van der Waals surface area contributed by atoms with Gasteiger partial charge in [0.15, 0.2) is 0 Å². The molecule has 1 aromatic heterocycles. The van der Waals surface area contributed by atoms with Gasteiger partial charge in [0.05, 0.1) is 5.69 Å². The molecular formula is C15H29N5. The molecule has 3 N–H and O–H groups in total. The summed E-state index contributed by atoms with van der Waals surface area (Å²) in [7, 11) is 6.32. The molecule has 1 heterocycles. The highest BCUT2D eigenvalue weighted by Gasteiger charge is 2.43. The molecule has 5 heteroatoms. The van der Waals surface area contributed by atoms with Crippen molar-refractivity contribution in [3.8, 4) is 0 Å². The zero-order valence-electron chi connectivity index (χ0n) is 13.3. The van der Waals surface area contributed by atoms with Gasteiger partial charge in [-0.05, 0) is 38.9 Å². The lowest BCUT2D eigenvalue weighted by atomic mass is 9.70. The fourth-order valence-corrected chi connectivity index (χ4v) is 3.78. The van der Waals surface area contributed by atoms with E-state index in [0.29, 0.717) is 0 Å². The Morgan fingerprint density at radius 2 is 2.35 bits per heavy atom. The molecule has 20 heavy (non-hydrogen) atoms. The average molecular weight is 279 g/mol. The highest BCUT2D eigenvalue weighted by Crippen LogP contribution is 2.38. The van der Waals surface area contributed by atoms with E-state index in [0.717, 1.165) is 18.0 Å². The van der Waals surface area contributed by atoms with Gasteiger partial charge in [-0.3, -0.25) is 16.0 Å². The molecule has 0 aromatic carbocycles. The van der Waals surface area contributed by atoms with Gasteiger partial charge in [0.2, 0.25) is 0 Å². The first-order valence-corrected chi connectivity index (χ1v) is 7.60. The third-order valence-corrected chi connectivity index (χ3v) is 4.93. The summed E-state index contributed by atoms with van der Waals surface area (Å²) >= 11 is 0. The van der Waals surface area contributed by atoms with Crippen molar-refractivity contribution >= 4 is 0 Å². The molecule has 1 aromatic rings. The number of nitrogens with two attached hydrogens (primary N) is 1. The molecule has 3 atom stereocenters. The average Bonchev–Trinajstić information content (AvgIpc) is 2.81. The summed E-state index contributed by atoms with van der Waals surface area (Å²) < 4.78 is 1.86. The largest absolute Gasteiger partial charge is 0.302 e. The number of rotatable bonds is 5. The van der Waals surface area contributed by atoms with Crippen molar-refractivity contribution in [1.29, 1.82) is 0 Å². The summed E-state index contributed by atoms with van der Waals surface area (Å²) in [6.07, 6.45) is 7.88. The molecule has 3 unspecified atom stereocenters. The zero-order valence-corrected chi connectivity index (χ0v) is 13.3. The second kappa shape index (κ2) is 6.24. The maximum Gasteiger partial charge on any atom is 0.0641 e. The molecule has 1 aliphatic carbocycles. The van der Waals surface area contributed by atoms with Crippen LogP contribution >= 0.6 is 0 Å². The highest BCUT2D eigenvalue weighted by molar-refractivity contribution is 5.09. The Hall–Kier alpha value is -0.910. The highest BCUT2D eigenvalue weighted by atomic mass is 15.3. The molecule has 0 aliphatic heterocycles. The van der Waals surface area contributed by atoms with Crippen molar-refractivity contribution in [1.82, 2.24) is 20.1 Å². The third-order valence-electron chi connectivity index (χ3n) is 4.93. The van der Waals surface area contributed by atoms with Gasteiger partial charge in [0, 0.05) is 31.2 Å². The summed E-state index contributed by atoms with van der Waals surface area (Å²) in [5.74, 6) is 6.67. The van der Waals surface area contributed by atoms with Gasteiger partial charge < -0.3 is 4.90 Å². The van der Waals surface area contributed by atoms with Crippen LogP contribution in [0.15, 0.2) is 12.3 Å². The Balaban J connectivity index is 2.20. The molecule has 0 amide bonds. The van der Waals surface area contributed by atoms with Gasteiger partial charge in [0.1, 0.15) is 0 Å². The minimum Gasteiger partial charge on any atom is -0.302 e. The van der Waals surface area contributed by atoms with E-state index < -0.39 is 0 Å². The second-order valence-electron chi connectivity index (χ2n) is 6.60. The number of aryl methyl sites for hydroxylation is 1. The van der Waals surface area contributed by atoms with E-state index in [9.17, 15) is 0 Å². The SMILES string of the molecule is CC1CCCC(C(Cc2ccn(C)n2)NN)(N(C)C)C1. The van der Waals surface area contributed by atoms with Gasteiger partial charge in [-0.15, -0.1) is 0 Å².